The molecule has 322 valence electrons. The highest BCUT2D eigenvalue weighted by Gasteiger charge is 2.23. The number of nitrogen functional groups attached to an aromatic ring is 1. The number of ether oxygens (including phenoxy) is 1. The molecular weight excluding hydrogens is 840 g/mol. The van der Waals surface area contributed by atoms with E-state index in [9.17, 15) is 27.6 Å². The van der Waals surface area contributed by atoms with E-state index in [-0.39, 0.29) is 45.9 Å². The number of carbonyl (C=O) groups is 2. The number of rotatable bonds is 7. The number of aromatic amines is 1. The first-order valence-electron chi connectivity index (χ1n) is 20.0. The number of nitrogens with one attached hydrogen (secondary N) is 2. The maximum Gasteiger partial charge on any atom is 0.256 e. The van der Waals surface area contributed by atoms with Gasteiger partial charge >= 0.3 is 0 Å². The van der Waals surface area contributed by atoms with Crippen LogP contribution in [0.15, 0.2) is 77.9 Å². The Balaban J connectivity index is 0.000000171. The SMILES string of the molecule is CC(C)c1[nH]c(=O)c(-c2cc(Cl)ccc2F)cc1Nc1ccnc2c1CCC(=O)C2.COc1nc(C(C)C)c(N)cc1-c1cc(Cl)ccc1F.O=C1CCc2c(F)ccnc2C1. The van der Waals surface area contributed by atoms with Crippen LogP contribution in [0.3, 0.4) is 0 Å². The van der Waals surface area contributed by atoms with Crippen LogP contribution in [0.2, 0.25) is 10.0 Å². The van der Waals surface area contributed by atoms with Crippen molar-refractivity contribution >= 4 is 51.8 Å². The molecule has 2 aliphatic rings. The number of anilines is 3. The fourth-order valence-corrected chi connectivity index (χ4v) is 7.63. The second-order valence-electron chi connectivity index (χ2n) is 15.5. The first-order chi connectivity index (χ1) is 29.5. The van der Waals surface area contributed by atoms with Gasteiger partial charge in [0, 0.05) is 81.8 Å². The molecule has 8 rings (SSSR count). The monoisotopic (exact) mass is 884 g/mol. The second kappa shape index (κ2) is 19.8. The number of nitrogens with two attached hydrogens (primary N) is 1. The maximum absolute atomic E-state index is 14.4. The molecule has 62 heavy (non-hydrogen) atoms. The summed E-state index contributed by atoms with van der Waals surface area (Å²) in [6, 6.07) is 15.0. The maximum atomic E-state index is 14.4. The van der Waals surface area contributed by atoms with Gasteiger partial charge in [0.25, 0.3) is 5.56 Å². The van der Waals surface area contributed by atoms with Gasteiger partial charge < -0.3 is 20.8 Å². The molecule has 0 saturated carbocycles. The van der Waals surface area contributed by atoms with Gasteiger partial charge in [-0.3, -0.25) is 24.4 Å². The van der Waals surface area contributed by atoms with Crippen molar-refractivity contribution < 1.29 is 27.5 Å². The van der Waals surface area contributed by atoms with E-state index < -0.39 is 11.6 Å². The number of pyridine rings is 4. The largest absolute Gasteiger partial charge is 0.481 e. The van der Waals surface area contributed by atoms with Gasteiger partial charge in [0.05, 0.1) is 41.1 Å². The van der Waals surface area contributed by atoms with E-state index in [1.165, 1.54) is 55.8 Å². The molecule has 0 amide bonds. The molecule has 6 aromatic rings. The minimum absolute atomic E-state index is 0.0256. The number of benzene rings is 2. The summed E-state index contributed by atoms with van der Waals surface area (Å²) in [5, 5.41) is 4.18. The lowest BCUT2D eigenvalue weighted by Crippen LogP contribution is -2.18. The lowest BCUT2D eigenvalue weighted by molar-refractivity contribution is -0.119. The second-order valence-corrected chi connectivity index (χ2v) is 16.3. The number of methoxy groups -OCH3 is 1. The van der Waals surface area contributed by atoms with Gasteiger partial charge in [-0.15, -0.1) is 0 Å². The average Bonchev–Trinajstić information content (AvgIpc) is 3.23. The van der Waals surface area contributed by atoms with Gasteiger partial charge in [0.2, 0.25) is 5.88 Å². The highest BCUT2D eigenvalue weighted by Crippen LogP contribution is 2.37. The number of carbonyl (C=O) groups excluding carboxylic acids is 2. The van der Waals surface area contributed by atoms with E-state index in [2.05, 4.69) is 25.3 Å². The standard InChI is InChI=1S/C23H21ClFN3O2.C15H16ClFN2O.C9H8FNO/c1-12(2)22-21(27-19-7-8-26-20-10-14(29)4-5-15(19)20)11-17(23(30)28-22)16-9-13(24)3-6-18(16)25;1-8(2)14-13(18)7-11(15(19-14)20-3)10-6-9(16)4-5-12(10)17;10-8-3-4-11-9-5-6(12)1-2-7(8)9/h3,6-9,11-12H,4-5,10H2,1-2H3,(H,26,27)(H,28,30);4-8H,18H2,1-3H3;3-4H,1-2,5H2. The number of aromatic nitrogens is 4. The Morgan fingerprint density at radius 3 is 1.82 bits per heavy atom. The van der Waals surface area contributed by atoms with Crippen LogP contribution in [0, 0.1) is 17.5 Å². The minimum atomic E-state index is -0.520. The fourth-order valence-electron chi connectivity index (χ4n) is 7.28. The fraction of sp³-hybridized carbons (Fsp3) is 0.277. The van der Waals surface area contributed by atoms with Gasteiger partial charge in [-0.25, -0.2) is 18.2 Å². The summed E-state index contributed by atoms with van der Waals surface area (Å²) in [4.78, 5) is 51.1. The van der Waals surface area contributed by atoms with Gasteiger partial charge in [0.1, 0.15) is 29.0 Å². The molecule has 2 aromatic carbocycles. The zero-order valence-electron chi connectivity index (χ0n) is 34.8. The number of fused-ring (bicyclic) bond motifs is 2. The summed E-state index contributed by atoms with van der Waals surface area (Å²) >= 11 is 12.0. The highest BCUT2D eigenvalue weighted by molar-refractivity contribution is 6.31. The number of Topliss-reactive ketones (excluding diaryl/α,β-unsaturated/α-hetero) is 2. The van der Waals surface area contributed by atoms with Gasteiger partial charge in [0.15, 0.2) is 0 Å². The Kier molecular flexibility index (Phi) is 14.5. The number of nitrogens with zero attached hydrogens (tertiary/aromatic N) is 3. The molecular formula is C47H45Cl2F3N6O4. The predicted molar refractivity (Wildman–Crippen MR) is 237 cm³/mol. The molecule has 15 heteroatoms. The molecule has 0 saturated heterocycles. The molecule has 2 aliphatic carbocycles. The van der Waals surface area contributed by atoms with Crippen LogP contribution in [0.1, 0.15) is 86.3 Å². The van der Waals surface area contributed by atoms with E-state index in [1.54, 1.807) is 18.3 Å². The van der Waals surface area contributed by atoms with Crippen LogP contribution in [0.5, 0.6) is 5.88 Å². The zero-order chi connectivity index (χ0) is 44.8. The smallest absolute Gasteiger partial charge is 0.256 e. The van der Waals surface area contributed by atoms with E-state index in [0.29, 0.717) is 93.9 Å². The van der Waals surface area contributed by atoms with Crippen LogP contribution >= 0.6 is 23.2 Å². The predicted octanol–water partition coefficient (Wildman–Crippen LogP) is 10.7. The number of H-pyrrole nitrogens is 1. The molecule has 0 unspecified atom stereocenters. The Morgan fingerprint density at radius 2 is 1.24 bits per heavy atom. The molecule has 0 spiro atoms. The van der Waals surface area contributed by atoms with Crippen LogP contribution in [-0.4, -0.2) is 38.6 Å². The highest BCUT2D eigenvalue weighted by atomic mass is 35.5. The Morgan fingerprint density at radius 1 is 0.677 bits per heavy atom. The first kappa shape index (κ1) is 45.5. The average molecular weight is 886 g/mol. The van der Waals surface area contributed by atoms with Crippen LogP contribution in [-0.2, 0) is 35.3 Å². The summed E-state index contributed by atoms with van der Waals surface area (Å²) in [5.74, 6) is -0.297. The summed E-state index contributed by atoms with van der Waals surface area (Å²) in [7, 11) is 1.49. The van der Waals surface area contributed by atoms with Gasteiger partial charge in [-0.05, 0) is 90.9 Å². The van der Waals surface area contributed by atoms with Crippen molar-refractivity contribution in [2.45, 2.75) is 78.1 Å². The third kappa shape index (κ3) is 10.5. The molecule has 0 bridgehead atoms. The van der Waals surface area contributed by atoms with E-state index >= 15 is 0 Å². The quantitative estimate of drug-likeness (QED) is 0.142. The van der Waals surface area contributed by atoms with Crippen LogP contribution in [0.4, 0.5) is 30.2 Å². The number of hydrogen-bond acceptors (Lipinski definition) is 9. The van der Waals surface area contributed by atoms with Gasteiger partial charge in [-0.1, -0.05) is 50.9 Å². The molecule has 0 aliphatic heterocycles. The molecule has 4 N–H and O–H groups in total. The molecule has 4 heterocycles. The van der Waals surface area contributed by atoms with E-state index in [1.807, 2.05) is 33.8 Å². The molecule has 0 atom stereocenters. The summed E-state index contributed by atoms with van der Waals surface area (Å²) < 4.78 is 46.7. The molecule has 0 fully saturated rings. The molecule has 4 aromatic heterocycles. The van der Waals surface area contributed by atoms with E-state index in [0.717, 1.165) is 22.6 Å². The third-order valence-electron chi connectivity index (χ3n) is 10.4. The topological polar surface area (TPSA) is 153 Å². The first-order valence-corrected chi connectivity index (χ1v) is 20.7. The molecule has 10 nitrogen and oxygen atoms in total. The van der Waals surface area contributed by atoms with Crippen LogP contribution in [0.25, 0.3) is 22.3 Å². The molecule has 0 radical (unpaired) electrons. The normalized spacial score (nSPS) is 13.1. The summed E-state index contributed by atoms with van der Waals surface area (Å²) in [5.41, 5.74) is 13.2. The number of hydrogen-bond donors (Lipinski definition) is 3. The Hall–Kier alpha value is -6.05. The van der Waals surface area contributed by atoms with Crippen molar-refractivity contribution in [1.82, 2.24) is 19.9 Å². The van der Waals surface area contributed by atoms with Crippen molar-refractivity contribution in [3.8, 4) is 28.1 Å². The van der Waals surface area contributed by atoms with Gasteiger partial charge in [-0.2, -0.15) is 0 Å². The van der Waals surface area contributed by atoms with E-state index in [4.69, 9.17) is 33.7 Å². The van der Waals surface area contributed by atoms with Crippen molar-refractivity contribution in [3.63, 3.8) is 0 Å². The van der Waals surface area contributed by atoms with Crippen molar-refractivity contribution in [2.24, 2.45) is 0 Å². The Labute approximate surface area is 367 Å². The van der Waals surface area contributed by atoms with Crippen molar-refractivity contribution in [2.75, 3.05) is 18.2 Å². The lowest BCUT2D eigenvalue weighted by atomic mass is 9.93. The summed E-state index contributed by atoms with van der Waals surface area (Å²) in [6.07, 6.45) is 5.75. The Bertz CT molecular complexity index is 2720. The zero-order valence-corrected chi connectivity index (χ0v) is 36.3. The summed E-state index contributed by atoms with van der Waals surface area (Å²) in [6.45, 7) is 7.91. The third-order valence-corrected chi connectivity index (χ3v) is 10.9. The van der Waals surface area contributed by atoms with Crippen LogP contribution < -0.4 is 21.3 Å². The minimum Gasteiger partial charge on any atom is -0.481 e. The lowest BCUT2D eigenvalue weighted by Gasteiger charge is -2.21. The van der Waals surface area contributed by atoms with Crippen molar-refractivity contribution in [1.29, 1.82) is 0 Å². The van der Waals surface area contributed by atoms with Crippen molar-refractivity contribution in [3.05, 3.63) is 145 Å². The number of ketones is 2. The number of halogens is 5.